The van der Waals surface area contributed by atoms with E-state index in [4.69, 9.17) is 5.73 Å². The van der Waals surface area contributed by atoms with E-state index in [1.54, 1.807) is 0 Å². The summed E-state index contributed by atoms with van der Waals surface area (Å²) in [6, 6.07) is 0. The van der Waals surface area contributed by atoms with Gasteiger partial charge in [0.15, 0.2) is 5.82 Å². The molecule has 0 unspecified atom stereocenters. The van der Waals surface area contributed by atoms with Crippen LogP contribution in [0.1, 0.15) is 20.3 Å². The minimum absolute atomic E-state index is 0.0914. The number of rotatable bonds is 5. The monoisotopic (exact) mass is 211 g/mol. The fourth-order valence-electron chi connectivity index (χ4n) is 1.07. The lowest BCUT2D eigenvalue weighted by atomic mass is 10.1. The summed E-state index contributed by atoms with van der Waals surface area (Å²) in [5, 5.41) is 10.4. The molecule has 0 radical (unpaired) electrons. The Morgan fingerprint density at radius 1 is 1.67 bits per heavy atom. The summed E-state index contributed by atoms with van der Waals surface area (Å²) in [5.74, 6) is 0.819. The van der Waals surface area contributed by atoms with E-state index >= 15 is 0 Å². The third kappa shape index (κ3) is 4.44. The molecule has 1 aromatic heterocycles. The highest BCUT2D eigenvalue weighted by molar-refractivity contribution is 5.75. The lowest BCUT2D eigenvalue weighted by molar-refractivity contribution is -0.122. The van der Waals surface area contributed by atoms with Gasteiger partial charge in [-0.15, -0.1) is 5.10 Å². The van der Waals surface area contributed by atoms with Crippen molar-refractivity contribution in [1.29, 1.82) is 0 Å². The molecule has 0 aromatic carbocycles. The predicted molar refractivity (Wildman–Crippen MR) is 56.9 cm³/mol. The molecule has 0 saturated carbocycles. The first-order valence-corrected chi connectivity index (χ1v) is 5.00. The second-order valence-corrected chi connectivity index (χ2v) is 3.83. The minimum Gasteiger partial charge on any atom is -0.381 e. The van der Waals surface area contributed by atoms with E-state index in [1.807, 2.05) is 0 Å². The number of carbonyl (C=O) groups is 1. The Kier molecular flexibility index (Phi) is 4.08. The van der Waals surface area contributed by atoms with Gasteiger partial charge in [-0.1, -0.05) is 13.8 Å². The zero-order valence-electron chi connectivity index (χ0n) is 9.10. The first-order chi connectivity index (χ1) is 7.08. The van der Waals surface area contributed by atoms with Crippen molar-refractivity contribution in [3.63, 3.8) is 0 Å². The number of hydrogen-bond donors (Lipinski definition) is 2. The van der Waals surface area contributed by atoms with Crippen LogP contribution in [-0.2, 0) is 11.3 Å². The summed E-state index contributed by atoms with van der Waals surface area (Å²) in [6.07, 6.45) is 2.39. The van der Waals surface area contributed by atoms with Crippen molar-refractivity contribution in [2.45, 2.75) is 26.8 Å². The first-order valence-electron chi connectivity index (χ1n) is 5.00. The second-order valence-electron chi connectivity index (χ2n) is 3.83. The summed E-state index contributed by atoms with van der Waals surface area (Å²) in [4.78, 5) is 12.6. The van der Waals surface area contributed by atoms with Crippen molar-refractivity contribution in [2.24, 2.45) is 5.92 Å². The van der Waals surface area contributed by atoms with Crippen molar-refractivity contribution in [2.75, 3.05) is 12.3 Å². The number of anilines is 1. The van der Waals surface area contributed by atoms with Crippen LogP contribution < -0.4 is 11.1 Å². The zero-order valence-corrected chi connectivity index (χ0v) is 9.10. The van der Waals surface area contributed by atoms with E-state index in [0.717, 1.165) is 6.42 Å². The van der Waals surface area contributed by atoms with E-state index in [1.165, 1.54) is 11.0 Å². The van der Waals surface area contributed by atoms with Gasteiger partial charge in [0.05, 0.1) is 6.20 Å². The molecule has 0 spiro atoms. The molecule has 0 fully saturated rings. The lowest BCUT2D eigenvalue weighted by Gasteiger charge is -2.06. The van der Waals surface area contributed by atoms with Gasteiger partial charge in [-0.2, -0.15) is 9.90 Å². The van der Waals surface area contributed by atoms with Crippen molar-refractivity contribution in [3.05, 3.63) is 6.20 Å². The summed E-state index contributed by atoms with van der Waals surface area (Å²) in [5.41, 5.74) is 5.37. The predicted octanol–water partition coefficient (Wildman–Crippen LogP) is 0.0226. The Hall–Kier alpha value is -1.59. The van der Waals surface area contributed by atoms with Crippen LogP contribution in [-0.4, -0.2) is 27.4 Å². The molecule has 0 aliphatic carbocycles. The maximum atomic E-state index is 11.4. The van der Waals surface area contributed by atoms with E-state index in [9.17, 15) is 4.79 Å². The van der Waals surface area contributed by atoms with Crippen LogP contribution in [0.4, 0.5) is 5.82 Å². The summed E-state index contributed by atoms with van der Waals surface area (Å²) in [7, 11) is 0. The molecule has 0 aliphatic heterocycles. The van der Waals surface area contributed by atoms with Crippen LogP contribution in [0, 0.1) is 5.92 Å². The largest absolute Gasteiger partial charge is 0.381 e. The number of carbonyl (C=O) groups excluding carboxylic acids is 1. The van der Waals surface area contributed by atoms with E-state index in [-0.39, 0.29) is 12.5 Å². The fraction of sp³-hybridized carbons (Fsp3) is 0.667. The van der Waals surface area contributed by atoms with E-state index < -0.39 is 0 Å². The van der Waals surface area contributed by atoms with Gasteiger partial charge in [-0.25, -0.2) is 0 Å². The molecule has 0 saturated heterocycles. The van der Waals surface area contributed by atoms with Gasteiger partial charge in [0.2, 0.25) is 5.91 Å². The third-order valence-corrected chi connectivity index (χ3v) is 1.88. The molecular formula is C9H17N5O. The SMILES string of the molecule is CC(C)CCNC(=O)Cn1ncc(N)n1. The number of nitrogens with zero attached hydrogens (tertiary/aromatic N) is 3. The standard InChI is InChI=1S/C9H17N5O/c1-7(2)3-4-11-9(15)6-14-12-5-8(10)13-14/h5,7H,3-4,6H2,1-2H3,(H2,10,13)(H,11,15). The molecule has 0 bridgehead atoms. The summed E-state index contributed by atoms with van der Waals surface area (Å²) >= 11 is 0. The molecule has 0 aliphatic rings. The maximum absolute atomic E-state index is 11.4. The van der Waals surface area contributed by atoms with Crippen LogP contribution in [0.15, 0.2) is 6.20 Å². The minimum atomic E-state index is -0.0914. The Balaban J connectivity index is 2.24. The number of aromatic nitrogens is 3. The highest BCUT2D eigenvalue weighted by Gasteiger charge is 2.04. The topological polar surface area (TPSA) is 85.8 Å². The zero-order chi connectivity index (χ0) is 11.3. The molecule has 6 nitrogen and oxygen atoms in total. The Labute approximate surface area is 88.8 Å². The average molecular weight is 211 g/mol. The van der Waals surface area contributed by atoms with Crippen LogP contribution in [0.25, 0.3) is 0 Å². The van der Waals surface area contributed by atoms with Gasteiger partial charge in [0.25, 0.3) is 0 Å². The van der Waals surface area contributed by atoms with Crippen molar-refractivity contribution < 1.29 is 4.79 Å². The number of nitrogens with two attached hydrogens (primary N) is 1. The molecule has 0 atom stereocenters. The lowest BCUT2D eigenvalue weighted by Crippen LogP contribution is -2.29. The normalized spacial score (nSPS) is 10.6. The number of hydrogen-bond acceptors (Lipinski definition) is 4. The number of nitrogens with one attached hydrogen (secondary N) is 1. The van der Waals surface area contributed by atoms with Crippen molar-refractivity contribution >= 4 is 11.7 Å². The fourth-order valence-corrected chi connectivity index (χ4v) is 1.07. The second kappa shape index (κ2) is 5.33. The molecule has 15 heavy (non-hydrogen) atoms. The summed E-state index contributed by atoms with van der Waals surface area (Å²) < 4.78 is 0. The van der Waals surface area contributed by atoms with Gasteiger partial charge in [-0.3, -0.25) is 4.79 Å². The average Bonchev–Trinajstić information content (AvgIpc) is 2.50. The molecule has 3 N–H and O–H groups in total. The van der Waals surface area contributed by atoms with Crippen LogP contribution >= 0.6 is 0 Å². The quantitative estimate of drug-likeness (QED) is 0.719. The molecule has 1 aromatic rings. The van der Waals surface area contributed by atoms with Gasteiger partial charge < -0.3 is 11.1 Å². The molecule has 84 valence electrons. The van der Waals surface area contributed by atoms with E-state index in [2.05, 4.69) is 29.4 Å². The summed E-state index contributed by atoms with van der Waals surface area (Å²) in [6.45, 7) is 5.03. The van der Waals surface area contributed by atoms with Gasteiger partial charge in [-0.05, 0) is 12.3 Å². The van der Waals surface area contributed by atoms with Crippen LogP contribution in [0.2, 0.25) is 0 Å². The van der Waals surface area contributed by atoms with Gasteiger partial charge >= 0.3 is 0 Å². The van der Waals surface area contributed by atoms with Gasteiger partial charge in [0.1, 0.15) is 6.54 Å². The van der Waals surface area contributed by atoms with Crippen molar-refractivity contribution in [1.82, 2.24) is 20.3 Å². The van der Waals surface area contributed by atoms with E-state index in [0.29, 0.717) is 18.3 Å². The Morgan fingerprint density at radius 3 is 2.93 bits per heavy atom. The first kappa shape index (κ1) is 11.5. The van der Waals surface area contributed by atoms with Crippen LogP contribution in [0.3, 0.4) is 0 Å². The smallest absolute Gasteiger partial charge is 0.243 e. The number of amides is 1. The molecule has 1 heterocycles. The molecule has 6 heteroatoms. The third-order valence-electron chi connectivity index (χ3n) is 1.88. The van der Waals surface area contributed by atoms with Crippen molar-refractivity contribution in [3.8, 4) is 0 Å². The Bertz CT molecular complexity index is 320. The molecule has 1 rings (SSSR count). The highest BCUT2D eigenvalue weighted by atomic mass is 16.2. The van der Waals surface area contributed by atoms with Crippen LogP contribution in [0.5, 0.6) is 0 Å². The Morgan fingerprint density at radius 2 is 2.40 bits per heavy atom. The van der Waals surface area contributed by atoms with Gasteiger partial charge in [0, 0.05) is 6.54 Å². The number of nitrogen functional groups attached to an aromatic ring is 1. The highest BCUT2D eigenvalue weighted by Crippen LogP contribution is 1.96. The molecule has 1 amide bonds. The molecular weight excluding hydrogens is 194 g/mol. The maximum Gasteiger partial charge on any atom is 0.243 e.